The number of thiophene rings is 1. The Morgan fingerprint density at radius 1 is 1.31 bits per heavy atom. The van der Waals surface area contributed by atoms with Gasteiger partial charge in [0.05, 0.1) is 17.5 Å². The summed E-state index contributed by atoms with van der Waals surface area (Å²) in [6, 6.07) is 5.18. The second-order valence-electron chi connectivity index (χ2n) is 7.72. The van der Waals surface area contributed by atoms with Crippen LogP contribution in [0.2, 0.25) is 0 Å². The van der Waals surface area contributed by atoms with E-state index in [1.54, 1.807) is 18.2 Å². The molecule has 1 unspecified atom stereocenters. The molecule has 0 radical (unpaired) electrons. The monoisotopic (exact) mass is 454 g/mol. The van der Waals surface area contributed by atoms with Gasteiger partial charge < -0.3 is 25.5 Å². The van der Waals surface area contributed by atoms with Gasteiger partial charge in [-0.15, -0.1) is 11.3 Å². The van der Waals surface area contributed by atoms with Crippen LogP contribution < -0.4 is 20.9 Å². The van der Waals surface area contributed by atoms with Crippen molar-refractivity contribution < 1.29 is 24.2 Å². The van der Waals surface area contributed by atoms with Crippen molar-refractivity contribution in [1.29, 1.82) is 0 Å². The highest BCUT2D eigenvalue weighted by atomic mass is 32.1. The van der Waals surface area contributed by atoms with E-state index in [2.05, 4.69) is 20.6 Å². The number of anilines is 1. The smallest absolute Gasteiger partial charge is 0.303 e. The Kier molecular flexibility index (Phi) is 4.89. The van der Waals surface area contributed by atoms with E-state index in [1.807, 2.05) is 0 Å². The maximum absolute atomic E-state index is 12.8. The minimum atomic E-state index is -0.907. The molecule has 32 heavy (non-hydrogen) atoms. The number of nitrogens with one attached hydrogen (secondary N) is 3. The number of fused-ring (bicyclic) bond motifs is 4. The van der Waals surface area contributed by atoms with Gasteiger partial charge in [-0.3, -0.25) is 19.2 Å². The highest BCUT2D eigenvalue weighted by molar-refractivity contribution is 7.18. The van der Waals surface area contributed by atoms with Gasteiger partial charge in [-0.25, -0.2) is 4.98 Å². The number of aromatic nitrogens is 2. The minimum absolute atomic E-state index is 0.0339. The third kappa shape index (κ3) is 3.60. The number of carbonyl (C=O) groups is 3. The van der Waals surface area contributed by atoms with E-state index < -0.39 is 17.4 Å². The van der Waals surface area contributed by atoms with Gasteiger partial charge in [0.1, 0.15) is 10.6 Å². The van der Waals surface area contributed by atoms with E-state index in [4.69, 9.17) is 9.84 Å². The molecular weight excluding hydrogens is 436 g/mol. The zero-order chi connectivity index (χ0) is 22.4. The Morgan fingerprint density at radius 3 is 2.97 bits per heavy atom. The normalized spacial score (nSPS) is 16.8. The zero-order valence-electron chi connectivity index (χ0n) is 16.7. The summed E-state index contributed by atoms with van der Waals surface area (Å²) in [5, 5.41) is 15.0. The molecule has 3 aromatic rings. The third-order valence-corrected chi connectivity index (χ3v) is 6.73. The van der Waals surface area contributed by atoms with Crippen LogP contribution in [0, 0.1) is 0 Å². The molecule has 2 aliphatic rings. The van der Waals surface area contributed by atoms with Gasteiger partial charge in [-0.05, 0) is 42.0 Å². The fraction of sp³-hybridized carbons (Fsp3) is 0.286. The Bertz CT molecular complexity index is 1340. The predicted octanol–water partition coefficient (Wildman–Crippen LogP) is 1.75. The van der Waals surface area contributed by atoms with Gasteiger partial charge in [-0.2, -0.15) is 0 Å². The van der Waals surface area contributed by atoms with E-state index >= 15 is 0 Å². The summed E-state index contributed by atoms with van der Waals surface area (Å²) >= 11 is 1.33. The minimum Gasteiger partial charge on any atom is -0.482 e. The van der Waals surface area contributed by atoms with Gasteiger partial charge in [0, 0.05) is 11.4 Å². The van der Waals surface area contributed by atoms with Crippen LogP contribution in [0.4, 0.5) is 5.69 Å². The average molecular weight is 454 g/mol. The molecule has 0 bridgehead atoms. The molecule has 1 aromatic carbocycles. The van der Waals surface area contributed by atoms with Crippen LogP contribution in [0.5, 0.6) is 5.75 Å². The zero-order valence-corrected chi connectivity index (χ0v) is 17.5. The molecule has 1 aliphatic heterocycles. The topological polar surface area (TPSA) is 150 Å². The van der Waals surface area contributed by atoms with E-state index in [-0.39, 0.29) is 37.2 Å². The summed E-state index contributed by atoms with van der Waals surface area (Å²) < 4.78 is 5.31. The summed E-state index contributed by atoms with van der Waals surface area (Å²) in [6.07, 6.45) is 1.36. The van der Waals surface area contributed by atoms with Crippen molar-refractivity contribution >= 4 is 45.0 Å². The SMILES string of the molecule is O=C(O)CC1CCc2sc3nc(C(=O)NCc4ccc5c(c4)NC(=O)CO5)[nH]c(=O)c3c21. The number of rotatable bonds is 5. The average Bonchev–Trinajstić information content (AvgIpc) is 3.30. The number of carboxylic acids is 1. The van der Waals surface area contributed by atoms with Gasteiger partial charge in [0.25, 0.3) is 17.4 Å². The Balaban J connectivity index is 1.36. The van der Waals surface area contributed by atoms with Gasteiger partial charge >= 0.3 is 5.97 Å². The van der Waals surface area contributed by atoms with Gasteiger partial charge in [-0.1, -0.05) is 6.07 Å². The van der Waals surface area contributed by atoms with Crippen molar-refractivity contribution in [2.75, 3.05) is 11.9 Å². The van der Waals surface area contributed by atoms with Crippen LogP contribution in [-0.2, 0) is 22.6 Å². The second kappa shape index (κ2) is 7.75. The summed E-state index contributed by atoms with van der Waals surface area (Å²) in [4.78, 5) is 56.3. The fourth-order valence-electron chi connectivity index (χ4n) is 4.17. The number of benzene rings is 1. The molecular formula is C21H18N4O6S. The van der Waals surface area contributed by atoms with Crippen molar-refractivity contribution in [3.63, 3.8) is 0 Å². The largest absolute Gasteiger partial charge is 0.482 e. The molecule has 4 N–H and O–H groups in total. The standard InChI is InChI=1S/C21H18N4O6S/c26-14-8-31-12-3-1-9(5-11(12)23-14)7-22-20(30)18-24-19(29)17-16-10(6-15(27)28)2-4-13(16)32-21(17)25-18/h1,3,5,10H,2,4,6-8H2,(H,22,30)(H,23,26)(H,27,28)(H,24,25,29). The maximum atomic E-state index is 12.8. The number of hydrogen-bond donors (Lipinski definition) is 4. The molecule has 11 heteroatoms. The second-order valence-corrected chi connectivity index (χ2v) is 8.80. The highest BCUT2D eigenvalue weighted by Gasteiger charge is 2.31. The summed E-state index contributed by atoms with van der Waals surface area (Å²) in [7, 11) is 0. The first-order valence-corrected chi connectivity index (χ1v) is 10.8. The number of aryl methyl sites for hydroxylation is 1. The summed E-state index contributed by atoms with van der Waals surface area (Å²) in [5.41, 5.74) is 1.58. The van der Waals surface area contributed by atoms with E-state index in [0.29, 0.717) is 34.5 Å². The molecule has 1 atom stereocenters. The summed E-state index contributed by atoms with van der Waals surface area (Å²) in [6.45, 7) is 0.124. The van der Waals surface area contributed by atoms with Crippen LogP contribution in [0.3, 0.4) is 0 Å². The molecule has 164 valence electrons. The summed E-state index contributed by atoms with van der Waals surface area (Å²) in [5.74, 6) is -1.46. The molecule has 2 aromatic heterocycles. The van der Waals surface area contributed by atoms with E-state index in [1.165, 1.54) is 11.3 Å². The van der Waals surface area contributed by atoms with Crippen LogP contribution in [-0.4, -0.2) is 39.5 Å². The first-order valence-electron chi connectivity index (χ1n) is 10.00. The maximum Gasteiger partial charge on any atom is 0.303 e. The molecule has 0 saturated heterocycles. The lowest BCUT2D eigenvalue weighted by molar-refractivity contribution is -0.137. The first kappa shape index (κ1) is 20.2. The van der Waals surface area contributed by atoms with Crippen molar-refractivity contribution in [3.8, 4) is 5.75 Å². The molecule has 5 rings (SSSR count). The number of H-pyrrole nitrogens is 1. The third-order valence-electron chi connectivity index (χ3n) is 5.57. The molecule has 0 saturated carbocycles. The molecule has 0 fully saturated rings. The van der Waals surface area contributed by atoms with Crippen LogP contribution in [0.15, 0.2) is 23.0 Å². The first-order chi connectivity index (χ1) is 15.4. The number of amides is 2. The Hall–Kier alpha value is -3.73. The number of ether oxygens (including phenoxy) is 1. The van der Waals surface area contributed by atoms with Crippen LogP contribution in [0.25, 0.3) is 10.2 Å². The number of aromatic amines is 1. The quantitative estimate of drug-likeness (QED) is 0.459. The molecule has 1 aliphatic carbocycles. The van der Waals surface area contributed by atoms with Crippen LogP contribution in [0.1, 0.15) is 45.4 Å². The van der Waals surface area contributed by atoms with Crippen molar-refractivity contribution in [1.82, 2.24) is 15.3 Å². The Labute approximate surface area is 184 Å². The fourth-order valence-corrected chi connectivity index (χ4v) is 5.44. The molecule has 0 spiro atoms. The van der Waals surface area contributed by atoms with Gasteiger partial charge in [0.15, 0.2) is 6.61 Å². The van der Waals surface area contributed by atoms with E-state index in [9.17, 15) is 19.2 Å². The number of carboxylic acid groups (broad SMARTS) is 1. The van der Waals surface area contributed by atoms with Crippen molar-refractivity contribution in [3.05, 3.63) is 50.4 Å². The number of hydrogen-bond acceptors (Lipinski definition) is 7. The van der Waals surface area contributed by atoms with Gasteiger partial charge in [0.2, 0.25) is 5.82 Å². The Morgan fingerprint density at radius 2 is 2.16 bits per heavy atom. The molecule has 2 amide bonds. The van der Waals surface area contributed by atoms with E-state index in [0.717, 1.165) is 16.0 Å². The predicted molar refractivity (Wildman–Crippen MR) is 115 cm³/mol. The number of carbonyl (C=O) groups excluding carboxylic acids is 2. The lowest BCUT2D eigenvalue weighted by Crippen LogP contribution is -2.28. The van der Waals surface area contributed by atoms with Crippen molar-refractivity contribution in [2.45, 2.75) is 31.7 Å². The van der Waals surface area contributed by atoms with Crippen molar-refractivity contribution in [2.24, 2.45) is 0 Å². The molecule has 3 heterocycles. The number of aliphatic carboxylic acids is 1. The molecule has 10 nitrogen and oxygen atoms in total. The highest BCUT2D eigenvalue weighted by Crippen LogP contribution is 2.43. The number of nitrogens with zero attached hydrogens (tertiary/aromatic N) is 1. The lowest BCUT2D eigenvalue weighted by Gasteiger charge is -2.18. The van der Waals surface area contributed by atoms with Crippen LogP contribution >= 0.6 is 11.3 Å². The lowest BCUT2D eigenvalue weighted by atomic mass is 9.98.